The highest BCUT2D eigenvalue weighted by Gasteiger charge is 2.13. The van der Waals surface area contributed by atoms with Crippen molar-refractivity contribution in [2.75, 3.05) is 17.2 Å². The van der Waals surface area contributed by atoms with Crippen molar-refractivity contribution in [1.82, 2.24) is 0 Å². The van der Waals surface area contributed by atoms with Gasteiger partial charge in [-0.1, -0.05) is 45.2 Å². The highest BCUT2D eigenvalue weighted by atomic mass is 79.9. The second-order valence-corrected chi connectivity index (χ2v) is 8.37. The molecule has 2 N–H and O–H groups in total. The molecule has 0 radical (unpaired) electrons. The standard InChI is InChI=1S/C25H19BrClN3O3/c1-16-2-7-22(8-3-16)30-25(32)18(14-28)12-17-13-19(26)4-11-23(17)33-15-24(31)29-21-9-5-20(27)6-10-21/h2-13H,15H2,1H3,(H,29,31)(H,30,32)/b18-12+. The summed E-state index contributed by atoms with van der Waals surface area (Å²) in [5, 5.41) is 15.5. The Morgan fingerprint density at radius 1 is 1.03 bits per heavy atom. The van der Waals surface area contributed by atoms with Gasteiger partial charge in [-0.05, 0) is 67.6 Å². The molecule has 0 bridgehead atoms. The fourth-order valence-corrected chi connectivity index (χ4v) is 3.28. The number of halogens is 2. The van der Waals surface area contributed by atoms with E-state index in [1.54, 1.807) is 54.6 Å². The van der Waals surface area contributed by atoms with Crippen LogP contribution in [-0.2, 0) is 9.59 Å². The van der Waals surface area contributed by atoms with Crippen LogP contribution in [0.4, 0.5) is 11.4 Å². The average molecular weight is 525 g/mol. The zero-order chi connectivity index (χ0) is 23.8. The first-order valence-corrected chi connectivity index (χ1v) is 11.0. The molecule has 0 saturated heterocycles. The fraction of sp³-hybridized carbons (Fsp3) is 0.0800. The summed E-state index contributed by atoms with van der Waals surface area (Å²) >= 11 is 9.23. The molecule has 0 fully saturated rings. The van der Waals surface area contributed by atoms with Gasteiger partial charge in [0.05, 0.1) is 0 Å². The number of nitrogens with zero attached hydrogens (tertiary/aromatic N) is 1. The molecule has 8 heteroatoms. The van der Waals surface area contributed by atoms with Gasteiger partial charge in [0.2, 0.25) is 0 Å². The predicted molar refractivity (Wildman–Crippen MR) is 133 cm³/mol. The summed E-state index contributed by atoms with van der Waals surface area (Å²) in [6.07, 6.45) is 1.42. The molecule has 0 aromatic heterocycles. The summed E-state index contributed by atoms with van der Waals surface area (Å²) in [7, 11) is 0. The van der Waals surface area contributed by atoms with Gasteiger partial charge in [-0.2, -0.15) is 5.26 Å². The molecule has 3 rings (SSSR count). The van der Waals surface area contributed by atoms with Crippen molar-refractivity contribution < 1.29 is 14.3 Å². The number of carbonyl (C=O) groups is 2. The maximum atomic E-state index is 12.6. The SMILES string of the molecule is Cc1ccc(NC(=O)/C(C#N)=C/c2cc(Br)ccc2OCC(=O)Nc2ccc(Cl)cc2)cc1. The van der Waals surface area contributed by atoms with Crippen molar-refractivity contribution >= 4 is 56.8 Å². The summed E-state index contributed by atoms with van der Waals surface area (Å²) in [6, 6.07) is 20.9. The second kappa shape index (κ2) is 11.3. The van der Waals surface area contributed by atoms with Crippen molar-refractivity contribution in [2.45, 2.75) is 6.92 Å². The number of rotatable bonds is 7. The first-order chi connectivity index (χ1) is 15.8. The zero-order valence-electron chi connectivity index (χ0n) is 17.6. The zero-order valence-corrected chi connectivity index (χ0v) is 19.9. The lowest BCUT2D eigenvalue weighted by Crippen LogP contribution is -2.20. The van der Waals surface area contributed by atoms with Crippen LogP contribution < -0.4 is 15.4 Å². The molecular formula is C25H19BrClN3O3. The third-order valence-electron chi connectivity index (χ3n) is 4.43. The molecule has 166 valence electrons. The molecular weight excluding hydrogens is 506 g/mol. The number of hydrogen-bond acceptors (Lipinski definition) is 4. The molecule has 0 aliphatic rings. The van der Waals surface area contributed by atoms with E-state index in [2.05, 4.69) is 26.6 Å². The third-order valence-corrected chi connectivity index (χ3v) is 5.18. The quantitative estimate of drug-likeness (QED) is 0.294. The Labute approximate surface area is 205 Å². The molecule has 0 aliphatic carbocycles. The van der Waals surface area contributed by atoms with Gasteiger partial charge in [-0.3, -0.25) is 9.59 Å². The maximum absolute atomic E-state index is 12.6. The van der Waals surface area contributed by atoms with E-state index in [1.807, 2.05) is 25.1 Å². The number of hydrogen-bond donors (Lipinski definition) is 2. The molecule has 6 nitrogen and oxygen atoms in total. The Morgan fingerprint density at radius 3 is 2.33 bits per heavy atom. The van der Waals surface area contributed by atoms with E-state index in [1.165, 1.54) is 6.08 Å². The number of benzene rings is 3. The maximum Gasteiger partial charge on any atom is 0.266 e. The minimum absolute atomic E-state index is 0.107. The summed E-state index contributed by atoms with van der Waals surface area (Å²) in [5.74, 6) is -0.569. The van der Waals surface area contributed by atoms with Crippen LogP contribution in [0.3, 0.4) is 0 Å². The minimum Gasteiger partial charge on any atom is -0.483 e. The Balaban J connectivity index is 1.73. The smallest absolute Gasteiger partial charge is 0.266 e. The Hall–Kier alpha value is -3.60. The van der Waals surface area contributed by atoms with Gasteiger partial charge in [0.25, 0.3) is 11.8 Å². The summed E-state index contributed by atoms with van der Waals surface area (Å²) in [5.41, 5.74) is 2.59. The molecule has 3 aromatic rings. The van der Waals surface area contributed by atoms with Crippen molar-refractivity contribution in [3.05, 3.63) is 92.9 Å². The molecule has 0 atom stereocenters. The van der Waals surface area contributed by atoms with Gasteiger partial charge in [-0.25, -0.2) is 0 Å². The number of nitrogens with one attached hydrogen (secondary N) is 2. The van der Waals surface area contributed by atoms with Gasteiger partial charge in [-0.15, -0.1) is 0 Å². The molecule has 0 saturated carbocycles. The third kappa shape index (κ3) is 7.21. The summed E-state index contributed by atoms with van der Waals surface area (Å²) < 4.78 is 6.39. The number of ether oxygens (including phenoxy) is 1. The van der Waals surface area contributed by atoms with E-state index in [9.17, 15) is 14.9 Å². The number of amides is 2. The van der Waals surface area contributed by atoms with E-state index >= 15 is 0 Å². The van der Waals surface area contributed by atoms with E-state index in [4.69, 9.17) is 16.3 Å². The largest absolute Gasteiger partial charge is 0.483 e. The average Bonchev–Trinajstić information content (AvgIpc) is 2.79. The molecule has 3 aromatic carbocycles. The molecule has 33 heavy (non-hydrogen) atoms. The fourth-order valence-electron chi connectivity index (χ4n) is 2.78. The van der Waals surface area contributed by atoms with Crippen molar-refractivity contribution in [3.63, 3.8) is 0 Å². The van der Waals surface area contributed by atoms with E-state index in [0.29, 0.717) is 27.7 Å². The first kappa shape index (κ1) is 24.1. The van der Waals surface area contributed by atoms with Gasteiger partial charge in [0.1, 0.15) is 17.4 Å². The van der Waals surface area contributed by atoms with Crippen LogP contribution in [-0.4, -0.2) is 18.4 Å². The van der Waals surface area contributed by atoms with E-state index in [0.717, 1.165) is 10.0 Å². The molecule has 0 aliphatic heterocycles. The monoisotopic (exact) mass is 523 g/mol. The Bertz CT molecular complexity index is 1230. The minimum atomic E-state index is -0.548. The van der Waals surface area contributed by atoms with Crippen LogP contribution in [0.1, 0.15) is 11.1 Å². The first-order valence-electron chi connectivity index (χ1n) is 9.81. The molecule has 0 unspecified atom stereocenters. The van der Waals surface area contributed by atoms with Gasteiger partial charge in [0, 0.05) is 26.4 Å². The van der Waals surface area contributed by atoms with Gasteiger partial charge in [0.15, 0.2) is 6.61 Å². The summed E-state index contributed by atoms with van der Waals surface area (Å²) in [6.45, 7) is 1.68. The highest BCUT2D eigenvalue weighted by Crippen LogP contribution is 2.26. The van der Waals surface area contributed by atoms with Crippen molar-refractivity contribution in [1.29, 1.82) is 5.26 Å². The van der Waals surface area contributed by atoms with Crippen LogP contribution in [0, 0.1) is 18.3 Å². The van der Waals surface area contributed by atoms with Crippen LogP contribution in [0.25, 0.3) is 6.08 Å². The van der Waals surface area contributed by atoms with Crippen molar-refractivity contribution in [3.8, 4) is 11.8 Å². The van der Waals surface area contributed by atoms with Crippen LogP contribution in [0.2, 0.25) is 5.02 Å². The number of aryl methyl sites for hydroxylation is 1. The lowest BCUT2D eigenvalue weighted by molar-refractivity contribution is -0.118. The van der Waals surface area contributed by atoms with Crippen LogP contribution >= 0.6 is 27.5 Å². The lowest BCUT2D eigenvalue weighted by Gasteiger charge is -2.11. The van der Waals surface area contributed by atoms with Gasteiger partial charge < -0.3 is 15.4 Å². The number of nitriles is 1. The van der Waals surface area contributed by atoms with Gasteiger partial charge >= 0.3 is 0 Å². The number of carbonyl (C=O) groups excluding carboxylic acids is 2. The lowest BCUT2D eigenvalue weighted by atomic mass is 10.1. The topological polar surface area (TPSA) is 91.2 Å². The second-order valence-electron chi connectivity index (χ2n) is 7.02. The molecule has 0 heterocycles. The Kier molecular flexibility index (Phi) is 8.25. The van der Waals surface area contributed by atoms with Crippen LogP contribution in [0.5, 0.6) is 5.75 Å². The van der Waals surface area contributed by atoms with E-state index in [-0.39, 0.29) is 18.1 Å². The van der Waals surface area contributed by atoms with Crippen molar-refractivity contribution in [2.24, 2.45) is 0 Å². The van der Waals surface area contributed by atoms with Crippen LogP contribution in [0.15, 0.2) is 76.8 Å². The molecule has 2 amide bonds. The normalized spacial score (nSPS) is 10.8. The summed E-state index contributed by atoms with van der Waals surface area (Å²) in [4.78, 5) is 24.8. The number of anilines is 2. The highest BCUT2D eigenvalue weighted by molar-refractivity contribution is 9.10. The predicted octanol–water partition coefficient (Wildman–Crippen LogP) is 5.97. The molecule has 0 spiro atoms. The Morgan fingerprint density at radius 2 is 1.67 bits per heavy atom. The van der Waals surface area contributed by atoms with E-state index < -0.39 is 5.91 Å².